The second kappa shape index (κ2) is 8.67. The lowest BCUT2D eigenvalue weighted by molar-refractivity contribution is -0.662. The van der Waals surface area contributed by atoms with Gasteiger partial charge in [-0.15, -0.1) is 0 Å². The summed E-state index contributed by atoms with van der Waals surface area (Å²) in [6.45, 7) is 5.82. The van der Waals surface area contributed by atoms with E-state index in [1.54, 1.807) is 17.6 Å². The summed E-state index contributed by atoms with van der Waals surface area (Å²) in [6.07, 6.45) is 1.48. The molecule has 6 aromatic rings. The van der Waals surface area contributed by atoms with Gasteiger partial charge in [-0.1, -0.05) is 66.2 Å². The molecule has 2 nitrogen and oxygen atoms in total. The van der Waals surface area contributed by atoms with Crippen LogP contribution in [0.15, 0.2) is 89.5 Å². The molecule has 0 aliphatic heterocycles. The topological polar surface area (TPSA) is 17.0 Å². The molecule has 4 heteroatoms. The monoisotopic (exact) mass is 490 g/mol. The highest BCUT2D eigenvalue weighted by molar-refractivity contribution is 6.13. The molecule has 0 N–H and O–H groups in total. The Balaban J connectivity index is 1.56. The van der Waals surface area contributed by atoms with E-state index in [9.17, 15) is 4.39 Å². The highest BCUT2D eigenvalue weighted by atomic mass is 19.1. The highest BCUT2D eigenvalue weighted by Crippen LogP contribution is 2.42. The van der Waals surface area contributed by atoms with Crippen LogP contribution in [0.5, 0.6) is 0 Å². The van der Waals surface area contributed by atoms with Crippen molar-refractivity contribution in [3.05, 3.63) is 113 Å². The van der Waals surface area contributed by atoms with Crippen LogP contribution < -0.4 is 4.57 Å². The standard InChI is InChI=1S/C33H26F2NO/c1-19-5-8-22(9-6-19)23-10-12-24(13-11-23)31-27(34)16-15-26-25-14-7-20(2)30(32(25)37-33(26)31)29-17-21(3)28(35)18-36(29)4/h5-18H,1-4H3/q+1. The number of aryl methyl sites for hydroxylation is 4. The van der Waals surface area contributed by atoms with Crippen molar-refractivity contribution in [3.63, 3.8) is 0 Å². The van der Waals surface area contributed by atoms with Crippen LogP contribution in [0.3, 0.4) is 0 Å². The van der Waals surface area contributed by atoms with Gasteiger partial charge in [0.25, 0.3) is 0 Å². The lowest BCUT2D eigenvalue weighted by Gasteiger charge is -2.07. The first-order chi connectivity index (χ1) is 17.8. The number of rotatable bonds is 3. The Morgan fingerprint density at radius 3 is 1.84 bits per heavy atom. The predicted octanol–water partition coefficient (Wildman–Crippen LogP) is 8.61. The second-order valence-corrected chi connectivity index (χ2v) is 9.78. The van der Waals surface area contributed by atoms with Gasteiger partial charge in [0.15, 0.2) is 5.82 Å². The zero-order valence-corrected chi connectivity index (χ0v) is 21.2. The molecule has 182 valence electrons. The molecule has 0 fully saturated rings. The summed E-state index contributed by atoms with van der Waals surface area (Å²) in [5, 5.41) is 1.74. The third-order valence-corrected chi connectivity index (χ3v) is 7.20. The summed E-state index contributed by atoms with van der Waals surface area (Å²) in [7, 11) is 1.82. The molecular weight excluding hydrogens is 464 g/mol. The zero-order valence-electron chi connectivity index (χ0n) is 21.2. The average Bonchev–Trinajstić information content (AvgIpc) is 3.25. The van der Waals surface area contributed by atoms with Crippen LogP contribution >= 0.6 is 0 Å². The van der Waals surface area contributed by atoms with Crippen LogP contribution in [0.1, 0.15) is 16.7 Å². The zero-order chi connectivity index (χ0) is 25.8. The summed E-state index contributed by atoms with van der Waals surface area (Å²) in [5.74, 6) is -0.602. The van der Waals surface area contributed by atoms with Crippen LogP contribution in [0.4, 0.5) is 8.78 Å². The molecule has 0 aliphatic rings. The molecule has 0 bridgehead atoms. The summed E-state index contributed by atoms with van der Waals surface area (Å²) in [4.78, 5) is 0. The number of hydrogen-bond acceptors (Lipinski definition) is 1. The highest BCUT2D eigenvalue weighted by Gasteiger charge is 2.24. The fourth-order valence-corrected chi connectivity index (χ4v) is 5.11. The minimum atomic E-state index is -0.337. The maximum Gasteiger partial charge on any atom is 0.216 e. The van der Waals surface area contributed by atoms with Gasteiger partial charge in [0, 0.05) is 16.8 Å². The quantitative estimate of drug-likeness (QED) is 0.227. The van der Waals surface area contributed by atoms with Crippen LogP contribution in [-0.4, -0.2) is 0 Å². The van der Waals surface area contributed by atoms with Crippen LogP contribution in [0.25, 0.3) is 55.4 Å². The van der Waals surface area contributed by atoms with Crippen molar-refractivity contribution >= 4 is 21.9 Å². The van der Waals surface area contributed by atoms with E-state index in [-0.39, 0.29) is 11.6 Å². The van der Waals surface area contributed by atoms with Gasteiger partial charge in [0.1, 0.15) is 24.0 Å². The molecule has 37 heavy (non-hydrogen) atoms. The molecule has 0 atom stereocenters. The normalized spacial score (nSPS) is 11.5. The third kappa shape index (κ3) is 3.80. The number of furan rings is 1. The van der Waals surface area contributed by atoms with E-state index >= 15 is 4.39 Å². The number of hydrogen-bond donors (Lipinski definition) is 0. The SMILES string of the molecule is Cc1ccc(-c2ccc(-c3c(F)ccc4c3oc3c(-c5cc(C)c(F)c[n+]5C)c(C)ccc34)cc2)cc1. The smallest absolute Gasteiger partial charge is 0.216 e. The van der Waals surface area contributed by atoms with E-state index < -0.39 is 0 Å². The van der Waals surface area contributed by atoms with E-state index in [0.717, 1.165) is 44.3 Å². The van der Waals surface area contributed by atoms with Crippen molar-refractivity contribution in [1.29, 1.82) is 0 Å². The van der Waals surface area contributed by atoms with Crippen LogP contribution in [-0.2, 0) is 7.05 Å². The lowest BCUT2D eigenvalue weighted by Crippen LogP contribution is -2.31. The summed E-state index contributed by atoms with van der Waals surface area (Å²) in [5.41, 5.74) is 9.01. The van der Waals surface area contributed by atoms with Crippen molar-refractivity contribution < 1.29 is 17.8 Å². The van der Waals surface area contributed by atoms with Crippen molar-refractivity contribution in [2.45, 2.75) is 20.8 Å². The molecule has 4 aromatic carbocycles. The molecule has 0 saturated carbocycles. The number of fused-ring (bicyclic) bond motifs is 3. The van der Waals surface area contributed by atoms with Gasteiger partial charge in [-0.05, 0) is 60.7 Å². The summed E-state index contributed by atoms with van der Waals surface area (Å²) >= 11 is 0. The molecule has 0 aliphatic carbocycles. The predicted molar refractivity (Wildman–Crippen MR) is 145 cm³/mol. The van der Waals surface area contributed by atoms with Crippen molar-refractivity contribution in [3.8, 4) is 33.5 Å². The molecule has 0 amide bonds. The first kappa shape index (κ1) is 23.1. The van der Waals surface area contributed by atoms with Gasteiger partial charge in [-0.25, -0.2) is 8.78 Å². The molecule has 2 heterocycles. The Morgan fingerprint density at radius 2 is 1.16 bits per heavy atom. The Labute approximate surface area is 214 Å². The largest absolute Gasteiger partial charge is 0.454 e. The molecule has 0 saturated heterocycles. The first-order valence-corrected chi connectivity index (χ1v) is 12.3. The Hall–Kier alpha value is -4.31. The summed E-state index contributed by atoms with van der Waals surface area (Å²) in [6, 6.07) is 25.4. The van der Waals surface area contributed by atoms with Crippen molar-refractivity contribution in [2.75, 3.05) is 0 Å². The number of benzene rings is 4. The van der Waals surface area contributed by atoms with E-state index in [1.807, 2.05) is 56.4 Å². The molecule has 0 spiro atoms. The van der Waals surface area contributed by atoms with E-state index in [4.69, 9.17) is 4.42 Å². The molecular formula is C33H26F2NO+. The minimum Gasteiger partial charge on any atom is -0.454 e. The first-order valence-electron chi connectivity index (χ1n) is 12.3. The molecule has 6 rings (SSSR count). The Morgan fingerprint density at radius 1 is 0.595 bits per heavy atom. The maximum absolute atomic E-state index is 15.4. The fourth-order valence-electron chi connectivity index (χ4n) is 5.11. The van der Waals surface area contributed by atoms with Gasteiger partial charge < -0.3 is 4.42 Å². The molecule has 2 aromatic heterocycles. The number of pyridine rings is 1. The van der Waals surface area contributed by atoms with Crippen molar-refractivity contribution in [1.82, 2.24) is 0 Å². The van der Waals surface area contributed by atoms with Gasteiger partial charge in [0.05, 0.1) is 11.1 Å². The third-order valence-electron chi connectivity index (χ3n) is 7.20. The van der Waals surface area contributed by atoms with Crippen LogP contribution in [0, 0.1) is 32.4 Å². The van der Waals surface area contributed by atoms with E-state index in [1.165, 1.54) is 17.8 Å². The van der Waals surface area contributed by atoms with Gasteiger partial charge in [0.2, 0.25) is 11.9 Å². The van der Waals surface area contributed by atoms with Crippen molar-refractivity contribution in [2.24, 2.45) is 7.05 Å². The van der Waals surface area contributed by atoms with E-state index in [0.29, 0.717) is 22.3 Å². The summed E-state index contributed by atoms with van der Waals surface area (Å²) < 4.78 is 37.8. The van der Waals surface area contributed by atoms with Gasteiger partial charge in [-0.2, -0.15) is 4.57 Å². The average molecular weight is 491 g/mol. The lowest BCUT2D eigenvalue weighted by atomic mass is 9.97. The van der Waals surface area contributed by atoms with Crippen LogP contribution in [0.2, 0.25) is 0 Å². The number of aromatic nitrogens is 1. The molecule has 0 radical (unpaired) electrons. The van der Waals surface area contributed by atoms with Gasteiger partial charge >= 0.3 is 0 Å². The minimum absolute atomic E-state index is 0.265. The molecule has 0 unspecified atom stereocenters. The Kier molecular flexibility index (Phi) is 5.41. The fraction of sp³-hybridized carbons (Fsp3) is 0.121. The van der Waals surface area contributed by atoms with E-state index in [2.05, 4.69) is 31.2 Å². The maximum atomic E-state index is 15.4. The van der Waals surface area contributed by atoms with Gasteiger partial charge in [-0.3, -0.25) is 0 Å². The number of nitrogens with zero attached hydrogens (tertiary/aromatic N) is 1. The second-order valence-electron chi connectivity index (χ2n) is 9.78. The Bertz CT molecular complexity index is 1810. The number of halogens is 2.